The first-order valence-corrected chi connectivity index (χ1v) is 8.97. The number of aromatic hydroxyl groups is 1. The molecule has 0 unspecified atom stereocenters. The van der Waals surface area contributed by atoms with Crippen LogP contribution in [0.2, 0.25) is 0 Å². The van der Waals surface area contributed by atoms with Gasteiger partial charge in [0.2, 0.25) is 0 Å². The molecule has 0 saturated carbocycles. The van der Waals surface area contributed by atoms with Crippen molar-refractivity contribution >= 4 is 0 Å². The third-order valence-electron chi connectivity index (χ3n) is 4.81. The van der Waals surface area contributed by atoms with E-state index in [9.17, 15) is 13.9 Å². The summed E-state index contributed by atoms with van der Waals surface area (Å²) in [4.78, 5) is 0. The maximum atomic E-state index is 14.7. The molecule has 0 bridgehead atoms. The Balaban J connectivity index is 0.00000240. The maximum absolute atomic E-state index is 14.7. The average Bonchev–Trinajstić information content (AvgIpc) is 2.69. The molecule has 4 heteroatoms. The molecule has 0 heterocycles. The predicted octanol–water partition coefficient (Wildman–Crippen LogP) is 6.98. The quantitative estimate of drug-likeness (QED) is 0.263. The zero-order valence-corrected chi connectivity index (χ0v) is 18.6. The molecule has 1 nitrogen and oxygen atoms in total. The van der Waals surface area contributed by atoms with Gasteiger partial charge in [0.25, 0.3) is 0 Å². The summed E-state index contributed by atoms with van der Waals surface area (Å²) in [6.45, 7) is 1.99. The number of phenols is 1. The predicted molar refractivity (Wildman–Crippen MR) is 109 cm³/mol. The number of benzene rings is 4. The van der Waals surface area contributed by atoms with Crippen LogP contribution in [0.1, 0.15) is 5.56 Å². The fourth-order valence-corrected chi connectivity index (χ4v) is 3.23. The Morgan fingerprint density at radius 1 is 0.552 bits per heavy atom. The Morgan fingerprint density at radius 2 is 0.931 bits per heavy atom. The molecule has 4 rings (SSSR count). The van der Waals surface area contributed by atoms with Crippen LogP contribution in [0.25, 0.3) is 33.4 Å². The van der Waals surface area contributed by atoms with E-state index in [2.05, 4.69) is 0 Å². The van der Waals surface area contributed by atoms with Gasteiger partial charge >= 0.3 is 0 Å². The molecule has 146 valence electrons. The summed E-state index contributed by atoms with van der Waals surface area (Å²) in [5.74, 6) is -0.611. The number of halogens is 2. The number of aryl methyl sites for hydroxylation is 1. The smallest absolute Gasteiger partial charge is 0.131 e. The van der Waals surface area contributed by atoms with Gasteiger partial charge in [-0.15, -0.1) is 0 Å². The summed E-state index contributed by atoms with van der Waals surface area (Å²) in [5, 5.41) is 9.38. The fourth-order valence-electron chi connectivity index (χ4n) is 3.23. The van der Waals surface area contributed by atoms with Crippen molar-refractivity contribution in [2.45, 2.75) is 6.92 Å². The van der Waals surface area contributed by atoms with Crippen molar-refractivity contribution in [3.63, 3.8) is 0 Å². The number of hydrogen-bond acceptors (Lipinski definition) is 1. The molecule has 4 aromatic carbocycles. The number of rotatable bonds is 3. The van der Waals surface area contributed by atoms with Crippen LogP contribution in [0.15, 0.2) is 84.9 Å². The summed E-state index contributed by atoms with van der Waals surface area (Å²) in [5.41, 5.74) is 4.76. The molecule has 0 amide bonds. The van der Waals surface area contributed by atoms with E-state index in [-0.39, 0.29) is 11.6 Å². The van der Waals surface area contributed by atoms with Gasteiger partial charge in [-0.2, -0.15) is 0 Å². The molecule has 0 atom stereocenters. The van der Waals surface area contributed by atoms with Gasteiger partial charge in [0.1, 0.15) is 17.4 Å². The maximum Gasteiger partial charge on any atom is 0.131 e. The van der Waals surface area contributed by atoms with Crippen LogP contribution in [0, 0.1) is 18.6 Å². The van der Waals surface area contributed by atoms with Gasteiger partial charge in [-0.3, -0.25) is 0 Å². The second-order valence-electron chi connectivity index (χ2n) is 6.80. The molecule has 0 aliphatic heterocycles. The molecule has 29 heavy (non-hydrogen) atoms. The number of hydrogen-bond donors (Lipinski definition) is 1. The minimum atomic E-state index is -0.397. The summed E-state index contributed by atoms with van der Waals surface area (Å²) >= 11 is 0. The first kappa shape index (κ1) is 19.3. The molecule has 0 aliphatic carbocycles. The molecule has 4 aromatic rings. The summed E-state index contributed by atoms with van der Waals surface area (Å²) in [6, 6.07) is 23.8. The van der Waals surface area contributed by atoms with Crippen molar-refractivity contribution in [1.29, 1.82) is 0 Å². The molecule has 0 aromatic heterocycles. The van der Waals surface area contributed by atoms with Crippen LogP contribution in [0.3, 0.4) is 0 Å². The first-order chi connectivity index (χ1) is 13.5. The molecular weight excluding hydrogens is 601 g/mol. The van der Waals surface area contributed by atoms with Gasteiger partial charge in [0.15, 0.2) is 0 Å². The molecule has 0 saturated heterocycles. The van der Waals surface area contributed by atoms with E-state index in [0.717, 1.165) is 11.1 Å². The van der Waals surface area contributed by atoms with Crippen molar-refractivity contribution in [3.05, 3.63) is 102 Å². The van der Waals surface area contributed by atoms with Gasteiger partial charge in [-0.05, 0) is 53.4 Å². The standard InChI is InChI=1S/C25H18F2O.Cm/c1-16-2-4-17(5-3-16)22-12-8-19(14-24(22)26)20-9-13-23(25(27)15-20)18-6-10-21(28)11-7-18;/h2-15,28H,1H3;. The third-order valence-corrected chi connectivity index (χ3v) is 4.81. The minimum Gasteiger partial charge on any atom is -0.508 e. The third kappa shape index (κ3) is 3.81. The molecule has 1 N–H and O–H groups in total. The Kier molecular flexibility index (Phi) is 5.09. The van der Waals surface area contributed by atoms with Gasteiger partial charge < -0.3 is 5.11 Å². The summed E-state index contributed by atoms with van der Waals surface area (Å²) < 4.78 is 29.3. The van der Waals surface area contributed by atoms with E-state index in [1.165, 1.54) is 24.3 Å². The number of phenolic OH excluding ortho intramolecular Hbond substituents is 1. The van der Waals surface area contributed by atoms with Crippen molar-refractivity contribution < 1.29 is 13.9 Å². The van der Waals surface area contributed by atoms with E-state index in [4.69, 9.17) is 0 Å². The fraction of sp³-hybridized carbons (Fsp3) is 0.0400. The van der Waals surface area contributed by atoms with E-state index < -0.39 is 5.82 Å². The van der Waals surface area contributed by atoms with E-state index in [1.54, 1.807) is 36.4 Å². The van der Waals surface area contributed by atoms with Crippen LogP contribution < -0.4 is 0 Å². The van der Waals surface area contributed by atoms with Crippen molar-refractivity contribution in [2.75, 3.05) is 0 Å². The van der Waals surface area contributed by atoms with Gasteiger partial charge in [0.05, 0.1) is 0 Å². The van der Waals surface area contributed by atoms with Gasteiger partial charge in [-0.25, -0.2) is 8.78 Å². The SMILES string of the molecule is Cc1ccc(-c2ccc(-c3ccc(-c4ccc(O)cc4)c(F)c3)cc2F)cc1.[Cm]. The molecule has 0 fully saturated rings. The van der Waals surface area contributed by atoms with Gasteiger partial charge in [-0.1, -0.05) is 66.2 Å². The van der Waals surface area contributed by atoms with Crippen LogP contribution in [0.5, 0.6) is 5.75 Å². The van der Waals surface area contributed by atoms with Crippen LogP contribution in [-0.4, -0.2) is 5.11 Å². The normalized spacial score (nSPS) is 10.4. The zero-order valence-electron chi connectivity index (χ0n) is 15.6. The van der Waals surface area contributed by atoms with Crippen molar-refractivity contribution in [2.24, 2.45) is 0 Å². The van der Waals surface area contributed by atoms with E-state index >= 15 is 0 Å². The minimum absolute atomic E-state index is 0. The molecular formula is C25H18CmF2O. The second kappa shape index (κ2) is 7.65. The average molecular weight is 619 g/mol. The zero-order chi connectivity index (χ0) is 19.7. The van der Waals surface area contributed by atoms with Crippen molar-refractivity contribution in [1.82, 2.24) is 0 Å². The summed E-state index contributed by atoms with van der Waals surface area (Å²) in [7, 11) is 0. The Morgan fingerprint density at radius 3 is 1.34 bits per heavy atom. The molecule has 0 aliphatic rings. The van der Waals surface area contributed by atoms with E-state index in [1.807, 2.05) is 31.2 Å². The van der Waals surface area contributed by atoms with Crippen LogP contribution >= 0.6 is 0 Å². The van der Waals surface area contributed by atoms with Crippen molar-refractivity contribution in [3.8, 4) is 39.1 Å². The molecule has 0 spiro atoms. The molecule has 0 radical (unpaired) electrons. The van der Waals surface area contributed by atoms with Gasteiger partial charge in [0, 0.05) is 11.1 Å². The second-order valence-corrected chi connectivity index (χ2v) is 6.80. The van der Waals surface area contributed by atoms with Crippen LogP contribution in [0.4, 0.5) is 8.78 Å². The van der Waals surface area contributed by atoms with Crippen LogP contribution in [-0.2, 0) is 0 Å². The largest absolute Gasteiger partial charge is 0.508 e. The Hall–Kier alpha value is -4.46. The first-order valence-electron chi connectivity index (χ1n) is 8.97. The Bertz CT molecular complexity index is 1040. The Labute approximate surface area is 162 Å². The monoisotopic (exact) mass is 615 g/mol. The van der Waals surface area contributed by atoms with E-state index in [0.29, 0.717) is 27.8 Å². The topological polar surface area (TPSA) is 20.2 Å². The summed E-state index contributed by atoms with van der Waals surface area (Å²) in [6.07, 6.45) is 0.